The molecule has 144 valence electrons. The van der Waals surface area contributed by atoms with Crippen LogP contribution in [-0.4, -0.2) is 29.1 Å². The zero-order valence-corrected chi connectivity index (χ0v) is 17.3. The van der Waals surface area contributed by atoms with Crippen LogP contribution in [0.1, 0.15) is 23.6 Å². The number of aliphatic imine (C=N–C) groups is 1. The van der Waals surface area contributed by atoms with Gasteiger partial charge in [0.15, 0.2) is 5.17 Å². The maximum atomic E-state index is 12.8. The Balaban J connectivity index is 1.86. The van der Waals surface area contributed by atoms with Crippen molar-refractivity contribution in [1.29, 1.82) is 0 Å². The maximum Gasteiger partial charge on any atom is 0.266 e. The van der Waals surface area contributed by atoms with Crippen molar-refractivity contribution in [2.24, 2.45) is 4.99 Å². The third kappa shape index (κ3) is 4.54. The fourth-order valence-corrected chi connectivity index (χ4v) is 3.84. The van der Waals surface area contributed by atoms with Crippen LogP contribution >= 0.6 is 11.8 Å². The molecule has 0 radical (unpaired) electrons. The Kier molecular flexibility index (Phi) is 6.37. The number of carbonyl (C=O) groups excluding carboxylic acids is 1. The Morgan fingerprint density at radius 1 is 1.18 bits per heavy atom. The van der Waals surface area contributed by atoms with E-state index in [2.05, 4.69) is 18.7 Å². The molecule has 28 heavy (non-hydrogen) atoms. The second-order valence-corrected chi connectivity index (χ2v) is 7.52. The van der Waals surface area contributed by atoms with Gasteiger partial charge in [0.1, 0.15) is 12.4 Å². The van der Waals surface area contributed by atoms with E-state index < -0.39 is 0 Å². The van der Waals surface area contributed by atoms with Gasteiger partial charge in [-0.15, -0.1) is 0 Å². The summed E-state index contributed by atoms with van der Waals surface area (Å²) in [6.07, 6.45) is 3.61. The number of benzene rings is 2. The first-order valence-electron chi connectivity index (χ1n) is 9.23. The number of nitrogens with zero attached hydrogens (tertiary/aromatic N) is 2. The second-order valence-electron chi connectivity index (χ2n) is 6.51. The predicted octanol–water partition coefficient (Wildman–Crippen LogP) is 5.49. The van der Waals surface area contributed by atoms with Crippen LogP contribution in [0.4, 0.5) is 5.69 Å². The minimum atomic E-state index is -0.0106. The van der Waals surface area contributed by atoms with Gasteiger partial charge >= 0.3 is 0 Å². The average molecular weight is 393 g/mol. The zero-order chi connectivity index (χ0) is 20.1. The summed E-state index contributed by atoms with van der Waals surface area (Å²) >= 11 is 1.42. The number of amides is 1. The molecule has 1 heterocycles. The van der Waals surface area contributed by atoms with Crippen LogP contribution in [0.5, 0.6) is 5.75 Å². The monoisotopic (exact) mass is 392 g/mol. The lowest BCUT2D eigenvalue weighted by Crippen LogP contribution is -2.28. The number of aryl methyl sites for hydroxylation is 2. The van der Waals surface area contributed by atoms with E-state index in [-0.39, 0.29) is 5.91 Å². The first-order valence-corrected chi connectivity index (χ1v) is 10.0. The molecule has 4 nitrogen and oxygen atoms in total. The summed E-state index contributed by atoms with van der Waals surface area (Å²) in [5.41, 5.74) is 4.09. The molecule has 0 aliphatic carbocycles. The van der Waals surface area contributed by atoms with Crippen LogP contribution < -0.4 is 4.74 Å². The highest BCUT2D eigenvalue weighted by Gasteiger charge is 2.32. The topological polar surface area (TPSA) is 41.9 Å². The molecule has 2 aromatic carbocycles. The molecule has 0 bridgehead atoms. The summed E-state index contributed by atoms with van der Waals surface area (Å²) in [6.45, 7) is 10.7. The fourth-order valence-electron chi connectivity index (χ4n) is 2.78. The van der Waals surface area contributed by atoms with Crippen molar-refractivity contribution in [3.05, 3.63) is 76.7 Å². The highest BCUT2D eigenvalue weighted by atomic mass is 32.2. The first-order chi connectivity index (χ1) is 13.5. The van der Waals surface area contributed by atoms with Crippen molar-refractivity contribution >= 4 is 34.6 Å². The lowest BCUT2D eigenvalue weighted by atomic mass is 10.1. The highest BCUT2D eigenvalue weighted by molar-refractivity contribution is 8.18. The third-order valence-corrected chi connectivity index (χ3v) is 5.34. The Morgan fingerprint density at radius 2 is 1.93 bits per heavy atom. The van der Waals surface area contributed by atoms with Gasteiger partial charge in [0, 0.05) is 6.54 Å². The molecule has 1 fully saturated rings. The second kappa shape index (κ2) is 8.93. The lowest BCUT2D eigenvalue weighted by molar-refractivity contribution is -0.122. The average Bonchev–Trinajstić information content (AvgIpc) is 2.98. The summed E-state index contributed by atoms with van der Waals surface area (Å²) < 4.78 is 5.50. The SMILES string of the molecule is C=CCOc1ccc(/C=C2/SC(=Nc3cc(C)ccc3C)N(CC)C2=O)cc1. The molecule has 2 aromatic rings. The number of ether oxygens (including phenoxy) is 1. The van der Waals surface area contributed by atoms with Crippen molar-refractivity contribution in [3.8, 4) is 5.75 Å². The van der Waals surface area contributed by atoms with Crippen LogP contribution in [0.2, 0.25) is 0 Å². The summed E-state index contributed by atoms with van der Waals surface area (Å²) in [5, 5.41) is 0.721. The summed E-state index contributed by atoms with van der Waals surface area (Å²) in [6, 6.07) is 13.8. The first kappa shape index (κ1) is 20.0. The van der Waals surface area contributed by atoms with Gasteiger partial charge in [0.25, 0.3) is 5.91 Å². The van der Waals surface area contributed by atoms with Crippen molar-refractivity contribution in [2.45, 2.75) is 20.8 Å². The molecule has 3 rings (SSSR count). The molecule has 0 spiro atoms. The standard InChI is InChI=1S/C23H24N2O2S/c1-5-13-27-19-11-9-18(10-12-19)15-21-22(26)25(6-2)23(28-21)24-20-14-16(3)7-8-17(20)4/h5,7-12,14-15H,1,6,13H2,2-4H3/b21-15+,24-23?. The van der Waals surface area contributed by atoms with E-state index in [1.54, 1.807) is 11.0 Å². The molecule has 0 saturated carbocycles. The summed E-state index contributed by atoms with van der Waals surface area (Å²) in [7, 11) is 0. The Labute approximate surface area is 170 Å². The van der Waals surface area contributed by atoms with Gasteiger partial charge in [0.05, 0.1) is 10.6 Å². The van der Waals surface area contributed by atoms with Gasteiger partial charge in [-0.05, 0) is 73.5 Å². The number of thioether (sulfide) groups is 1. The number of amidine groups is 1. The molecule has 1 saturated heterocycles. The molecular formula is C23H24N2O2S. The molecule has 0 unspecified atom stereocenters. The lowest BCUT2D eigenvalue weighted by Gasteiger charge is -2.12. The van der Waals surface area contributed by atoms with E-state index in [4.69, 9.17) is 9.73 Å². The maximum absolute atomic E-state index is 12.8. The normalized spacial score (nSPS) is 16.8. The molecule has 0 atom stereocenters. The van der Waals surface area contributed by atoms with E-state index in [1.165, 1.54) is 11.8 Å². The van der Waals surface area contributed by atoms with Crippen LogP contribution in [-0.2, 0) is 4.79 Å². The van der Waals surface area contributed by atoms with E-state index in [1.807, 2.05) is 57.2 Å². The van der Waals surface area contributed by atoms with Crippen molar-refractivity contribution in [1.82, 2.24) is 4.90 Å². The Bertz CT molecular complexity index is 946. The Morgan fingerprint density at radius 3 is 2.61 bits per heavy atom. The summed E-state index contributed by atoms with van der Waals surface area (Å²) in [5.74, 6) is 0.767. The zero-order valence-electron chi connectivity index (χ0n) is 16.4. The number of rotatable bonds is 6. The van der Waals surface area contributed by atoms with Gasteiger partial charge in [-0.1, -0.05) is 36.9 Å². The largest absolute Gasteiger partial charge is 0.490 e. The molecule has 0 N–H and O–H groups in total. The smallest absolute Gasteiger partial charge is 0.266 e. The summed E-state index contributed by atoms with van der Waals surface area (Å²) in [4.78, 5) is 20.0. The molecule has 1 aliphatic heterocycles. The number of likely N-dealkylation sites (N-methyl/N-ethyl adjacent to an activating group) is 1. The highest BCUT2D eigenvalue weighted by Crippen LogP contribution is 2.35. The quantitative estimate of drug-likeness (QED) is 0.482. The number of hydrogen-bond acceptors (Lipinski definition) is 4. The van der Waals surface area contributed by atoms with Gasteiger partial charge in [-0.2, -0.15) is 0 Å². The number of carbonyl (C=O) groups is 1. The van der Waals surface area contributed by atoms with Gasteiger partial charge in [0.2, 0.25) is 0 Å². The molecule has 0 aromatic heterocycles. The van der Waals surface area contributed by atoms with Crippen LogP contribution in [0.3, 0.4) is 0 Å². The van der Waals surface area contributed by atoms with Crippen molar-refractivity contribution in [3.63, 3.8) is 0 Å². The molecule has 5 heteroatoms. The van der Waals surface area contributed by atoms with Gasteiger partial charge in [-0.3, -0.25) is 9.69 Å². The third-order valence-electron chi connectivity index (χ3n) is 4.33. The minimum Gasteiger partial charge on any atom is -0.490 e. The van der Waals surface area contributed by atoms with E-state index in [0.717, 1.165) is 33.3 Å². The Hall–Kier alpha value is -2.79. The predicted molar refractivity (Wildman–Crippen MR) is 118 cm³/mol. The van der Waals surface area contributed by atoms with E-state index in [9.17, 15) is 4.79 Å². The van der Waals surface area contributed by atoms with E-state index >= 15 is 0 Å². The minimum absolute atomic E-state index is 0.0106. The van der Waals surface area contributed by atoms with Crippen LogP contribution in [0.15, 0.2) is 65.0 Å². The van der Waals surface area contributed by atoms with Crippen LogP contribution in [0.25, 0.3) is 6.08 Å². The fraction of sp³-hybridized carbons (Fsp3) is 0.217. The molecule has 1 aliphatic rings. The number of hydrogen-bond donors (Lipinski definition) is 0. The molecule has 1 amide bonds. The van der Waals surface area contributed by atoms with Gasteiger partial charge < -0.3 is 4.74 Å². The van der Waals surface area contributed by atoms with Crippen LogP contribution in [0, 0.1) is 13.8 Å². The van der Waals surface area contributed by atoms with E-state index in [0.29, 0.717) is 18.1 Å². The van der Waals surface area contributed by atoms with Crippen molar-refractivity contribution < 1.29 is 9.53 Å². The molecular weight excluding hydrogens is 368 g/mol. The van der Waals surface area contributed by atoms with Crippen molar-refractivity contribution in [2.75, 3.05) is 13.2 Å². The van der Waals surface area contributed by atoms with Gasteiger partial charge in [-0.25, -0.2) is 4.99 Å².